The molecule has 1 rings (SSSR count). The second-order valence-corrected chi connectivity index (χ2v) is 2.87. The molecule has 2 heteroatoms. The summed E-state index contributed by atoms with van der Waals surface area (Å²) in [6, 6.07) is 0. The molecule has 0 aromatic carbocycles. The van der Waals surface area contributed by atoms with E-state index in [9.17, 15) is 4.79 Å². The summed E-state index contributed by atoms with van der Waals surface area (Å²) in [7, 11) is 0. The first-order valence-electron chi connectivity index (χ1n) is 3.95. The van der Waals surface area contributed by atoms with Crippen molar-refractivity contribution in [3.8, 4) is 11.8 Å². The van der Waals surface area contributed by atoms with E-state index in [1.165, 1.54) is 0 Å². The maximum absolute atomic E-state index is 11.1. The number of carbonyl (C=O) groups is 1. The number of hydrogen-bond acceptors (Lipinski definition) is 2. The Labute approximate surface area is 67.4 Å². The Hall–Kier alpha value is -0.810. The lowest BCUT2D eigenvalue weighted by Gasteiger charge is -2.25. The van der Waals surface area contributed by atoms with Gasteiger partial charge in [0.1, 0.15) is 5.78 Å². The minimum absolute atomic E-state index is 0.283. The molecule has 0 atom stereocenters. The van der Waals surface area contributed by atoms with Crippen LogP contribution in [0.2, 0.25) is 0 Å². The van der Waals surface area contributed by atoms with Crippen molar-refractivity contribution in [2.24, 2.45) is 5.92 Å². The third kappa shape index (κ3) is 2.73. The molecule has 1 fully saturated rings. The summed E-state index contributed by atoms with van der Waals surface area (Å²) in [5, 5.41) is 3.13. The van der Waals surface area contributed by atoms with Gasteiger partial charge in [0.2, 0.25) is 0 Å². The highest BCUT2D eigenvalue weighted by molar-refractivity contribution is 5.81. The van der Waals surface area contributed by atoms with Crippen molar-refractivity contribution >= 4 is 5.78 Å². The predicted octanol–water partition coefficient (Wildman–Crippen LogP) is 0.578. The van der Waals surface area contributed by atoms with Crippen molar-refractivity contribution in [3.05, 3.63) is 0 Å². The third-order valence-corrected chi connectivity index (χ3v) is 1.84. The zero-order chi connectivity index (χ0) is 8.10. The second kappa shape index (κ2) is 4.15. The normalized spacial score (nSPS) is 16.5. The summed E-state index contributed by atoms with van der Waals surface area (Å²) >= 11 is 0. The first kappa shape index (κ1) is 8.29. The van der Waals surface area contributed by atoms with Gasteiger partial charge >= 0.3 is 0 Å². The van der Waals surface area contributed by atoms with Crippen LogP contribution in [0.4, 0.5) is 0 Å². The molecule has 0 aromatic heterocycles. The molecule has 0 unspecified atom stereocenters. The van der Waals surface area contributed by atoms with Crippen LogP contribution in [0.15, 0.2) is 0 Å². The maximum atomic E-state index is 11.1. The predicted molar refractivity (Wildman–Crippen MR) is 44.1 cm³/mol. The molecule has 1 aliphatic heterocycles. The van der Waals surface area contributed by atoms with E-state index in [0.717, 1.165) is 13.1 Å². The van der Waals surface area contributed by atoms with Crippen LogP contribution in [0.3, 0.4) is 0 Å². The summed E-state index contributed by atoms with van der Waals surface area (Å²) < 4.78 is 0. The third-order valence-electron chi connectivity index (χ3n) is 1.84. The van der Waals surface area contributed by atoms with E-state index < -0.39 is 0 Å². The van der Waals surface area contributed by atoms with Gasteiger partial charge in [0, 0.05) is 6.42 Å². The van der Waals surface area contributed by atoms with Crippen LogP contribution in [0.1, 0.15) is 19.8 Å². The van der Waals surface area contributed by atoms with Crippen LogP contribution >= 0.6 is 0 Å². The first-order valence-corrected chi connectivity index (χ1v) is 3.95. The van der Waals surface area contributed by atoms with Gasteiger partial charge < -0.3 is 5.32 Å². The van der Waals surface area contributed by atoms with E-state index >= 15 is 0 Å². The molecule has 1 heterocycles. The zero-order valence-corrected chi connectivity index (χ0v) is 6.81. The first-order chi connectivity index (χ1) is 5.33. The van der Waals surface area contributed by atoms with E-state index in [4.69, 9.17) is 0 Å². The Morgan fingerprint density at radius 3 is 2.82 bits per heavy atom. The molecule has 2 nitrogen and oxygen atoms in total. The van der Waals surface area contributed by atoms with Crippen molar-refractivity contribution in [1.82, 2.24) is 5.32 Å². The fraction of sp³-hybridized carbons (Fsp3) is 0.667. The molecule has 0 spiro atoms. The summed E-state index contributed by atoms with van der Waals surface area (Å²) in [6.07, 6.45) is 1.15. The number of Topliss-reactive ketones (excluding diaryl/α,β-unsaturated/α-hetero) is 1. The Morgan fingerprint density at radius 1 is 1.64 bits per heavy atom. The molecular weight excluding hydrogens is 138 g/mol. The smallest absolute Gasteiger partial charge is 0.145 e. The Kier molecular flexibility index (Phi) is 3.13. The van der Waals surface area contributed by atoms with Crippen LogP contribution < -0.4 is 5.32 Å². The van der Waals surface area contributed by atoms with Crippen molar-refractivity contribution in [2.45, 2.75) is 19.8 Å². The molecule has 1 aliphatic rings. The molecule has 0 aliphatic carbocycles. The van der Waals surface area contributed by atoms with Gasteiger partial charge in [0.15, 0.2) is 0 Å². The highest BCUT2D eigenvalue weighted by Crippen LogP contribution is 2.09. The minimum atomic E-state index is 0.283. The molecule has 1 saturated heterocycles. The molecule has 0 amide bonds. The topological polar surface area (TPSA) is 29.1 Å². The molecule has 1 N–H and O–H groups in total. The van der Waals surface area contributed by atoms with Crippen molar-refractivity contribution in [1.29, 1.82) is 0 Å². The molecule has 0 saturated carbocycles. The van der Waals surface area contributed by atoms with Crippen molar-refractivity contribution in [2.75, 3.05) is 13.1 Å². The Bertz CT molecular complexity index is 195. The summed E-state index contributed by atoms with van der Waals surface area (Å²) in [5.74, 6) is 6.37. The van der Waals surface area contributed by atoms with E-state index in [1.807, 2.05) is 0 Å². The van der Waals surface area contributed by atoms with Gasteiger partial charge in [-0.2, -0.15) is 0 Å². The number of hydrogen-bond donors (Lipinski definition) is 1. The van der Waals surface area contributed by atoms with Crippen molar-refractivity contribution < 1.29 is 4.79 Å². The highest BCUT2D eigenvalue weighted by atomic mass is 16.1. The van der Waals surface area contributed by atoms with Gasteiger partial charge in [-0.15, -0.1) is 5.92 Å². The summed E-state index contributed by atoms with van der Waals surface area (Å²) in [5.41, 5.74) is 0. The van der Waals surface area contributed by atoms with Crippen LogP contribution in [0.5, 0.6) is 0 Å². The molecule has 11 heavy (non-hydrogen) atoms. The van der Waals surface area contributed by atoms with Crippen LogP contribution in [0, 0.1) is 17.8 Å². The lowest BCUT2D eigenvalue weighted by atomic mass is 9.96. The van der Waals surface area contributed by atoms with Gasteiger partial charge in [-0.25, -0.2) is 0 Å². The lowest BCUT2D eigenvalue weighted by molar-refractivity contribution is -0.119. The summed E-state index contributed by atoms with van der Waals surface area (Å²) in [6.45, 7) is 3.77. The lowest BCUT2D eigenvalue weighted by Crippen LogP contribution is -2.42. The number of rotatable bonds is 3. The highest BCUT2D eigenvalue weighted by Gasteiger charge is 2.19. The van der Waals surface area contributed by atoms with E-state index in [-0.39, 0.29) is 5.78 Å². The Balaban J connectivity index is 2.12. The van der Waals surface area contributed by atoms with E-state index in [2.05, 4.69) is 17.2 Å². The SMILES string of the molecule is CC#CCC(=O)CC1CNC1. The monoisotopic (exact) mass is 151 g/mol. The zero-order valence-electron chi connectivity index (χ0n) is 6.81. The van der Waals surface area contributed by atoms with Crippen LogP contribution in [-0.2, 0) is 4.79 Å². The minimum Gasteiger partial charge on any atom is -0.316 e. The standard InChI is InChI=1S/C9H13NO/c1-2-3-4-9(11)5-8-6-10-7-8/h8,10H,4-7H2,1H3. The van der Waals surface area contributed by atoms with Crippen LogP contribution in [0.25, 0.3) is 0 Å². The number of ketones is 1. The van der Waals surface area contributed by atoms with Crippen LogP contribution in [-0.4, -0.2) is 18.9 Å². The van der Waals surface area contributed by atoms with Gasteiger partial charge in [-0.1, -0.05) is 5.92 Å². The van der Waals surface area contributed by atoms with Gasteiger partial charge in [-0.3, -0.25) is 4.79 Å². The van der Waals surface area contributed by atoms with Gasteiger partial charge in [0.25, 0.3) is 0 Å². The van der Waals surface area contributed by atoms with E-state index in [0.29, 0.717) is 18.8 Å². The second-order valence-electron chi connectivity index (χ2n) is 2.87. The van der Waals surface area contributed by atoms with Gasteiger partial charge in [0.05, 0.1) is 6.42 Å². The largest absolute Gasteiger partial charge is 0.316 e. The summed E-state index contributed by atoms with van der Waals surface area (Å²) in [4.78, 5) is 11.1. The van der Waals surface area contributed by atoms with E-state index in [1.54, 1.807) is 6.92 Å². The molecular formula is C9H13NO. The quantitative estimate of drug-likeness (QED) is 0.598. The Morgan fingerprint density at radius 2 is 2.36 bits per heavy atom. The molecule has 0 bridgehead atoms. The molecule has 0 aromatic rings. The van der Waals surface area contributed by atoms with Gasteiger partial charge in [-0.05, 0) is 25.9 Å². The average molecular weight is 151 g/mol. The fourth-order valence-electron chi connectivity index (χ4n) is 1.07. The number of nitrogens with one attached hydrogen (secondary N) is 1. The molecule has 60 valence electrons. The number of carbonyl (C=O) groups excluding carboxylic acids is 1. The average Bonchev–Trinajstić information content (AvgIpc) is 1.93. The van der Waals surface area contributed by atoms with Crippen molar-refractivity contribution in [3.63, 3.8) is 0 Å². The fourth-order valence-corrected chi connectivity index (χ4v) is 1.07. The maximum Gasteiger partial charge on any atom is 0.145 e. The molecule has 0 radical (unpaired) electrons.